The van der Waals surface area contributed by atoms with Gasteiger partial charge in [0.15, 0.2) is 0 Å². The van der Waals surface area contributed by atoms with Crippen LogP contribution in [0.4, 0.5) is 0 Å². The summed E-state index contributed by atoms with van der Waals surface area (Å²) >= 11 is 0. The summed E-state index contributed by atoms with van der Waals surface area (Å²) in [5.41, 5.74) is 0. The smallest absolute Gasteiger partial charge is 0.223 e. The number of hydrogen-bond acceptors (Lipinski definition) is 3. The molecule has 1 amide bonds. The summed E-state index contributed by atoms with van der Waals surface area (Å²) in [4.78, 5) is 13.3. The second kappa shape index (κ2) is 5.34. The minimum Gasteiger partial charge on any atom is -0.341 e. The van der Waals surface area contributed by atoms with Crippen molar-refractivity contribution in [1.29, 1.82) is 0 Å². The van der Waals surface area contributed by atoms with Crippen LogP contribution in [-0.4, -0.2) is 53.2 Å². The highest BCUT2D eigenvalue weighted by Gasteiger charge is 2.18. The Balaban J connectivity index is 2.27. The summed E-state index contributed by atoms with van der Waals surface area (Å²) in [6.07, 6.45) is 0.545. The van der Waals surface area contributed by atoms with Crippen LogP contribution in [-0.2, 0) is 15.6 Å². The fourth-order valence-electron chi connectivity index (χ4n) is 1.28. The molecule has 1 rings (SSSR count). The molecule has 0 radical (unpaired) electrons. The lowest BCUT2D eigenvalue weighted by molar-refractivity contribution is -0.130. The summed E-state index contributed by atoms with van der Waals surface area (Å²) in [6.45, 7) is 2.04. The third kappa shape index (κ3) is 3.44. The molecule has 1 fully saturated rings. The van der Waals surface area contributed by atoms with Gasteiger partial charge in [-0.3, -0.25) is 9.00 Å². The van der Waals surface area contributed by atoms with Crippen molar-refractivity contribution in [2.24, 2.45) is 0 Å². The first-order valence-electron chi connectivity index (χ1n) is 4.51. The Hall–Kier alpha value is -0.420. The van der Waals surface area contributed by atoms with E-state index in [2.05, 4.69) is 5.32 Å². The molecule has 0 saturated carbocycles. The summed E-state index contributed by atoms with van der Waals surface area (Å²) in [6, 6.07) is 0. The molecule has 0 spiro atoms. The fraction of sp³-hybridized carbons (Fsp3) is 0.875. The third-order valence-corrected chi connectivity index (χ3v) is 3.40. The Morgan fingerprint density at radius 1 is 1.46 bits per heavy atom. The lowest BCUT2D eigenvalue weighted by atomic mass is 10.3. The van der Waals surface area contributed by atoms with Crippen LogP contribution in [0.3, 0.4) is 0 Å². The van der Waals surface area contributed by atoms with E-state index in [1.54, 1.807) is 4.90 Å². The SMILES string of the molecule is CNCCC(=O)N1CCS(=O)CC1. The Kier molecular flexibility index (Phi) is 4.38. The van der Waals surface area contributed by atoms with Crippen LogP contribution < -0.4 is 5.32 Å². The van der Waals surface area contributed by atoms with E-state index in [0.29, 0.717) is 31.0 Å². The maximum atomic E-state index is 11.5. The van der Waals surface area contributed by atoms with Gasteiger partial charge in [0.1, 0.15) is 0 Å². The molecule has 0 aromatic rings. The second-order valence-corrected chi connectivity index (χ2v) is 4.78. The maximum Gasteiger partial charge on any atom is 0.223 e. The zero-order chi connectivity index (χ0) is 9.68. The van der Waals surface area contributed by atoms with Gasteiger partial charge in [0.2, 0.25) is 5.91 Å². The first-order chi connectivity index (χ1) is 6.24. The van der Waals surface area contributed by atoms with Crippen molar-refractivity contribution in [3.63, 3.8) is 0 Å². The molecule has 1 saturated heterocycles. The molecular formula is C8H16N2O2S. The molecule has 0 aliphatic carbocycles. The van der Waals surface area contributed by atoms with Gasteiger partial charge in [-0.2, -0.15) is 0 Å². The molecule has 4 nitrogen and oxygen atoms in total. The number of rotatable bonds is 3. The van der Waals surface area contributed by atoms with Crippen LogP contribution >= 0.6 is 0 Å². The zero-order valence-electron chi connectivity index (χ0n) is 7.91. The molecule has 0 atom stereocenters. The lowest BCUT2D eigenvalue weighted by Gasteiger charge is -2.26. The quantitative estimate of drug-likeness (QED) is 0.654. The molecule has 0 unspecified atom stereocenters. The molecule has 1 N–H and O–H groups in total. The molecule has 0 aromatic heterocycles. The Labute approximate surface area is 81.1 Å². The first-order valence-corrected chi connectivity index (χ1v) is 6.00. The average Bonchev–Trinajstić information content (AvgIpc) is 2.15. The molecule has 13 heavy (non-hydrogen) atoms. The van der Waals surface area contributed by atoms with Crippen molar-refractivity contribution in [3.8, 4) is 0 Å². The van der Waals surface area contributed by atoms with E-state index in [4.69, 9.17) is 0 Å². The normalized spacial score (nSPS) is 19.0. The van der Waals surface area contributed by atoms with E-state index in [1.165, 1.54) is 0 Å². The highest BCUT2D eigenvalue weighted by atomic mass is 32.2. The van der Waals surface area contributed by atoms with Gasteiger partial charge in [-0.15, -0.1) is 0 Å². The molecule has 0 bridgehead atoms. The summed E-state index contributed by atoms with van der Waals surface area (Å²) in [5, 5.41) is 2.94. The molecule has 1 heterocycles. The van der Waals surface area contributed by atoms with Crippen LogP contribution in [0.5, 0.6) is 0 Å². The Morgan fingerprint density at radius 3 is 2.62 bits per heavy atom. The molecule has 5 heteroatoms. The predicted molar refractivity (Wildman–Crippen MR) is 53.0 cm³/mol. The van der Waals surface area contributed by atoms with Crippen LogP contribution in [0.1, 0.15) is 6.42 Å². The Bertz CT molecular complexity index is 198. The van der Waals surface area contributed by atoms with Gasteiger partial charge in [-0.05, 0) is 7.05 Å². The number of hydrogen-bond donors (Lipinski definition) is 1. The van der Waals surface area contributed by atoms with E-state index in [-0.39, 0.29) is 5.91 Å². The predicted octanol–water partition coefficient (Wildman–Crippen LogP) is -0.813. The summed E-state index contributed by atoms with van der Waals surface area (Å²) in [7, 11) is 1.14. The minimum absolute atomic E-state index is 0.172. The van der Waals surface area contributed by atoms with E-state index >= 15 is 0 Å². The van der Waals surface area contributed by atoms with Crippen molar-refractivity contribution >= 4 is 16.7 Å². The Morgan fingerprint density at radius 2 is 2.08 bits per heavy atom. The van der Waals surface area contributed by atoms with Crippen molar-refractivity contribution in [1.82, 2.24) is 10.2 Å². The average molecular weight is 204 g/mol. The standard InChI is InChI=1S/C8H16N2O2S/c1-9-3-2-8(11)10-4-6-13(12)7-5-10/h9H,2-7H2,1H3. The molecular weight excluding hydrogens is 188 g/mol. The van der Waals surface area contributed by atoms with Crippen LogP contribution in [0.15, 0.2) is 0 Å². The van der Waals surface area contributed by atoms with E-state index < -0.39 is 10.8 Å². The van der Waals surface area contributed by atoms with Crippen molar-refractivity contribution in [2.45, 2.75) is 6.42 Å². The van der Waals surface area contributed by atoms with Gasteiger partial charge >= 0.3 is 0 Å². The van der Waals surface area contributed by atoms with Crippen molar-refractivity contribution in [3.05, 3.63) is 0 Å². The first kappa shape index (κ1) is 10.7. The topological polar surface area (TPSA) is 49.4 Å². The number of nitrogens with one attached hydrogen (secondary N) is 1. The highest BCUT2D eigenvalue weighted by Crippen LogP contribution is 2.01. The molecule has 76 valence electrons. The van der Waals surface area contributed by atoms with Gasteiger partial charge in [-0.1, -0.05) is 0 Å². The van der Waals surface area contributed by atoms with E-state index in [9.17, 15) is 9.00 Å². The van der Waals surface area contributed by atoms with Crippen molar-refractivity contribution < 1.29 is 9.00 Å². The molecule has 0 aromatic carbocycles. The summed E-state index contributed by atoms with van der Waals surface area (Å²) < 4.78 is 11.0. The maximum absolute atomic E-state index is 11.5. The largest absolute Gasteiger partial charge is 0.341 e. The van der Waals surface area contributed by atoms with E-state index in [0.717, 1.165) is 6.54 Å². The lowest BCUT2D eigenvalue weighted by Crippen LogP contribution is -2.42. The minimum atomic E-state index is -0.693. The monoisotopic (exact) mass is 204 g/mol. The number of carbonyl (C=O) groups excluding carboxylic acids is 1. The van der Waals surface area contributed by atoms with Gasteiger partial charge in [-0.25, -0.2) is 0 Å². The molecule has 1 aliphatic heterocycles. The van der Waals surface area contributed by atoms with Crippen LogP contribution in [0, 0.1) is 0 Å². The third-order valence-electron chi connectivity index (χ3n) is 2.12. The number of carbonyl (C=O) groups is 1. The van der Waals surface area contributed by atoms with Gasteiger partial charge in [0.05, 0.1) is 0 Å². The van der Waals surface area contributed by atoms with Gasteiger partial charge in [0.25, 0.3) is 0 Å². The number of nitrogens with zero attached hydrogens (tertiary/aromatic N) is 1. The fourth-order valence-corrected chi connectivity index (χ4v) is 2.33. The number of amides is 1. The molecule has 1 aliphatic rings. The highest BCUT2D eigenvalue weighted by molar-refractivity contribution is 7.85. The van der Waals surface area contributed by atoms with Gasteiger partial charge in [0, 0.05) is 48.4 Å². The van der Waals surface area contributed by atoms with E-state index in [1.807, 2.05) is 7.05 Å². The zero-order valence-corrected chi connectivity index (χ0v) is 8.73. The van der Waals surface area contributed by atoms with Crippen molar-refractivity contribution in [2.75, 3.05) is 38.2 Å². The van der Waals surface area contributed by atoms with Gasteiger partial charge < -0.3 is 10.2 Å². The summed E-state index contributed by atoms with van der Waals surface area (Å²) in [5.74, 6) is 1.46. The van der Waals surface area contributed by atoms with Crippen LogP contribution in [0.25, 0.3) is 0 Å². The van der Waals surface area contributed by atoms with Crippen LogP contribution in [0.2, 0.25) is 0 Å². The second-order valence-electron chi connectivity index (χ2n) is 3.08.